The Morgan fingerprint density at radius 2 is 0.976 bits per heavy atom. The van der Waals surface area contributed by atoms with Crippen LogP contribution in [0.3, 0.4) is 0 Å². The number of fused-ring (bicyclic) bond motifs is 8. The number of benzene rings is 4. The molecule has 1 aliphatic heterocycles. The summed E-state index contributed by atoms with van der Waals surface area (Å²) in [6.07, 6.45) is 4.71. The van der Waals surface area contributed by atoms with Gasteiger partial charge in [0.2, 0.25) is 0 Å². The Morgan fingerprint density at radius 1 is 0.571 bits per heavy atom. The molecule has 2 heteroatoms. The summed E-state index contributed by atoms with van der Waals surface area (Å²) in [4.78, 5) is 0. The summed E-state index contributed by atoms with van der Waals surface area (Å²) in [5, 5.41) is 3.48. The van der Waals surface area contributed by atoms with Crippen molar-refractivity contribution in [1.29, 1.82) is 0 Å². The molecule has 2 aliphatic carbocycles. The normalized spacial score (nSPS) is 19.8. The first-order valence-electron chi connectivity index (χ1n) is 16.0. The van der Waals surface area contributed by atoms with Crippen molar-refractivity contribution < 1.29 is 23.2 Å². The minimum absolute atomic E-state index is 0.661. The van der Waals surface area contributed by atoms with Crippen LogP contribution in [-0.4, -0.2) is 8.07 Å². The molecule has 3 aliphatic rings. The van der Waals surface area contributed by atoms with Crippen molar-refractivity contribution in [3.63, 3.8) is 0 Å². The van der Waals surface area contributed by atoms with Gasteiger partial charge in [0.25, 0.3) is 0 Å². The minimum atomic E-state index is -2.07. The average Bonchev–Trinajstić information content (AvgIpc) is 3.46. The monoisotopic (exact) mass is 640 g/mol. The van der Waals surface area contributed by atoms with Crippen molar-refractivity contribution in [3.8, 4) is 22.3 Å². The van der Waals surface area contributed by atoms with Gasteiger partial charge in [0.05, 0.1) is 0 Å². The molecule has 1 heterocycles. The van der Waals surface area contributed by atoms with E-state index in [2.05, 4.69) is 126 Å². The number of hydrogen-bond acceptors (Lipinski definition) is 0. The van der Waals surface area contributed by atoms with Crippen LogP contribution in [0.1, 0.15) is 81.2 Å². The zero-order chi connectivity index (χ0) is 29.2. The van der Waals surface area contributed by atoms with Crippen LogP contribution in [-0.2, 0) is 36.1 Å². The molecular weight excluding hydrogens is 600 g/mol. The molecular formula is C40H42SiZr. The fourth-order valence-corrected chi connectivity index (χ4v) is 18.3. The number of hydrogen-bond donors (Lipinski definition) is 0. The first-order valence-corrected chi connectivity index (χ1v) is 21.8. The van der Waals surface area contributed by atoms with Crippen molar-refractivity contribution in [2.24, 2.45) is 0 Å². The third kappa shape index (κ3) is 4.31. The van der Waals surface area contributed by atoms with E-state index in [4.69, 9.17) is 0 Å². The van der Waals surface area contributed by atoms with E-state index < -0.39 is 31.3 Å². The van der Waals surface area contributed by atoms with E-state index in [-0.39, 0.29) is 0 Å². The third-order valence-corrected chi connectivity index (χ3v) is 19.2. The van der Waals surface area contributed by atoms with Gasteiger partial charge in [0.15, 0.2) is 0 Å². The van der Waals surface area contributed by atoms with Gasteiger partial charge >= 0.3 is 267 Å². The second kappa shape index (κ2) is 10.9. The number of aryl methyl sites for hydroxylation is 2. The Hall–Kier alpha value is -2.54. The average molecular weight is 642 g/mol. The quantitative estimate of drug-likeness (QED) is 0.184. The predicted molar refractivity (Wildman–Crippen MR) is 180 cm³/mol. The molecule has 0 fully saturated rings. The van der Waals surface area contributed by atoms with Gasteiger partial charge in [-0.05, 0) is 0 Å². The summed E-state index contributed by atoms with van der Waals surface area (Å²) in [5.74, 6) is 0. The van der Waals surface area contributed by atoms with Gasteiger partial charge in [0.1, 0.15) is 0 Å². The van der Waals surface area contributed by atoms with Crippen LogP contribution < -0.4 is 0 Å². The molecule has 2 unspecified atom stereocenters. The molecule has 4 bridgehead atoms. The van der Waals surface area contributed by atoms with Gasteiger partial charge in [-0.2, -0.15) is 0 Å². The van der Waals surface area contributed by atoms with Crippen molar-refractivity contribution in [2.75, 3.05) is 0 Å². The Balaban J connectivity index is 1.40. The van der Waals surface area contributed by atoms with Gasteiger partial charge in [-0.3, -0.25) is 0 Å². The van der Waals surface area contributed by atoms with Gasteiger partial charge in [-0.15, -0.1) is 0 Å². The van der Waals surface area contributed by atoms with E-state index in [9.17, 15) is 0 Å². The summed E-state index contributed by atoms with van der Waals surface area (Å²) in [6.45, 7) is 14.9. The number of allylic oxidation sites excluding steroid dienone is 2. The maximum atomic E-state index is 2.67. The molecule has 4 aromatic rings. The third-order valence-electron chi connectivity index (χ3n) is 10.2. The van der Waals surface area contributed by atoms with Crippen LogP contribution in [0.2, 0.25) is 13.1 Å². The van der Waals surface area contributed by atoms with Crippen molar-refractivity contribution in [1.82, 2.24) is 0 Å². The van der Waals surface area contributed by atoms with Crippen LogP contribution in [0.5, 0.6) is 0 Å². The zero-order valence-corrected chi connectivity index (χ0v) is 29.5. The first-order chi connectivity index (χ1) is 20.3. The first kappa shape index (κ1) is 28.2. The molecule has 4 aromatic carbocycles. The molecule has 0 amide bonds. The van der Waals surface area contributed by atoms with Gasteiger partial charge in [-0.1, -0.05) is 0 Å². The van der Waals surface area contributed by atoms with Gasteiger partial charge < -0.3 is 0 Å². The molecule has 0 N–H and O–H groups in total. The van der Waals surface area contributed by atoms with E-state index in [1.54, 1.807) is 43.8 Å². The SMILES string of the molecule is CCCc1ccc(-c2cccc3c2C2=C(C)[CH]3[Zr][CH]3C(C)=C(c4c(-c5ccc(CCC)cc5)cccc43)[Si]2(C)C)cc1. The Labute approximate surface area is 265 Å². The van der Waals surface area contributed by atoms with Crippen molar-refractivity contribution in [3.05, 3.63) is 129 Å². The second-order valence-electron chi connectivity index (χ2n) is 13.2. The summed E-state index contributed by atoms with van der Waals surface area (Å²) in [7, 11) is -2.07. The molecule has 7 rings (SSSR count). The zero-order valence-electron chi connectivity index (χ0n) is 26.1. The predicted octanol–water partition coefficient (Wildman–Crippen LogP) is 11.2. The molecule has 0 nitrogen and oxygen atoms in total. The molecule has 0 spiro atoms. The van der Waals surface area contributed by atoms with Gasteiger partial charge in [0, 0.05) is 0 Å². The van der Waals surface area contributed by atoms with Crippen molar-refractivity contribution in [2.45, 2.75) is 73.7 Å². The van der Waals surface area contributed by atoms with Crippen LogP contribution in [0.25, 0.3) is 32.6 Å². The standard InChI is InChI=1S/C40H42Si.Zr/c1-7-11-29-17-21-31(22-18-29)35-15-9-13-33-25-27(3)39(37(33)35)41(5,6)40-28(4)26-34-14-10-16-36(38(34)40)32-23-19-30(12-8-2)20-24-32;/h9-10,13-26H,7-8,11-12H2,1-6H3;. The second-order valence-corrected chi connectivity index (χ2v) is 21.1. The Bertz CT molecular complexity index is 1620. The molecule has 2 atom stereocenters. The summed E-state index contributed by atoms with van der Waals surface area (Å²) in [5.41, 5.74) is 18.5. The van der Waals surface area contributed by atoms with Crippen LogP contribution in [0.4, 0.5) is 0 Å². The topological polar surface area (TPSA) is 0 Å². The maximum absolute atomic E-state index is 2.67. The number of rotatable bonds is 6. The van der Waals surface area contributed by atoms with Crippen molar-refractivity contribution >= 4 is 18.5 Å². The molecule has 0 radical (unpaired) electrons. The van der Waals surface area contributed by atoms with E-state index in [0.717, 1.165) is 12.8 Å². The fourth-order valence-electron chi connectivity index (χ4n) is 8.42. The molecule has 0 saturated heterocycles. The van der Waals surface area contributed by atoms with Crippen LogP contribution in [0.15, 0.2) is 96.1 Å². The summed E-state index contributed by atoms with van der Waals surface area (Å²) in [6, 6.07) is 33.5. The van der Waals surface area contributed by atoms with E-state index >= 15 is 0 Å². The molecule has 210 valence electrons. The molecule has 0 aromatic heterocycles. The Kier molecular flexibility index (Phi) is 7.31. The Morgan fingerprint density at radius 3 is 1.36 bits per heavy atom. The fraction of sp³-hybridized carbons (Fsp3) is 0.300. The summed E-state index contributed by atoms with van der Waals surface area (Å²) >= 11 is -0.887. The van der Waals surface area contributed by atoms with Gasteiger partial charge in [-0.25, -0.2) is 0 Å². The van der Waals surface area contributed by atoms with Crippen LogP contribution >= 0.6 is 0 Å². The molecule has 0 saturated carbocycles. The van der Waals surface area contributed by atoms with E-state index in [1.807, 2.05) is 0 Å². The van der Waals surface area contributed by atoms with E-state index in [1.165, 1.54) is 46.2 Å². The molecule has 42 heavy (non-hydrogen) atoms. The van der Waals surface area contributed by atoms with E-state index in [0.29, 0.717) is 7.25 Å². The van der Waals surface area contributed by atoms with Crippen LogP contribution in [0, 0.1) is 0 Å². The summed E-state index contributed by atoms with van der Waals surface area (Å²) < 4.78 is 1.32.